The maximum atomic E-state index is 8.75. The molecule has 0 saturated carbocycles. The van der Waals surface area contributed by atoms with Crippen molar-refractivity contribution in [3.8, 4) is 5.75 Å². The fraction of sp³-hybridized carbons (Fsp3) is 0.600. The van der Waals surface area contributed by atoms with Gasteiger partial charge in [-0.1, -0.05) is 12.1 Å². The Balaban J connectivity index is 1.83. The molecule has 1 fully saturated rings. The third kappa shape index (κ3) is 5.00. The largest absolute Gasteiger partial charge is 0.707 e. The summed E-state index contributed by atoms with van der Waals surface area (Å²) in [6.45, 7) is 12.0. The van der Waals surface area contributed by atoms with Crippen molar-refractivity contribution in [2.24, 2.45) is 0 Å². The molecule has 6 heteroatoms. The van der Waals surface area contributed by atoms with Gasteiger partial charge in [0.2, 0.25) is 0 Å². The van der Waals surface area contributed by atoms with Gasteiger partial charge in [0.25, 0.3) is 0 Å². The van der Waals surface area contributed by atoms with E-state index in [1.54, 1.807) is 12.1 Å². The van der Waals surface area contributed by atoms with Crippen LogP contribution in [-0.4, -0.2) is 58.9 Å². The summed E-state index contributed by atoms with van der Waals surface area (Å²) in [7, 11) is -1.76. The second kappa shape index (κ2) is 6.79. The molecule has 0 aromatic heterocycles. The zero-order valence-electron chi connectivity index (χ0n) is 13.1. The van der Waals surface area contributed by atoms with Gasteiger partial charge in [-0.15, -0.1) is 0 Å². The zero-order chi connectivity index (χ0) is 15.5. The van der Waals surface area contributed by atoms with Crippen molar-refractivity contribution >= 4 is 7.32 Å². The molecule has 1 heterocycles. The standard InChI is InChI=1S/C15H25BN2O3/c1-15(2,3)18-10-8-17(9-11-18)12-13-4-6-14(7-5-13)21-16(19)20/h4-7,19-20H,8-12H2,1-3H3. The molecule has 1 aliphatic rings. The van der Waals surface area contributed by atoms with Gasteiger partial charge in [0.05, 0.1) is 0 Å². The first-order valence-electron chi connectivity index (χ1n) is 7.44. The van der Waals surface area contributed by atoms with E-state index in [0.717, 1.165) is 32.7 Å². The lowest BCUT2D eigenvalue weighted by Crippen LogP contribution is -2.53. The van der Waals surface area contributed by atoms with Gasteiger partial charge in [0.15, 0.2) is 0 Å². The summed E-state index contributed by atoms with van der Waals surface area (Å²) in [5, 5.41) is 17.5. The molecule has 0 bridgehead atoms. The molecular formula is C15H25BN2O3. The van der Waals surface area contributed by atoms with Gasteiger partial charge < -0.3 is 14.7 Å². The minimum Gasteiger partial charge on any atom is -0.512 e. The third-order valence-corrected chi connectivity index (χ3v) is 3.89. The van der Waals surface area contributed by atoms with E-state index in [9.17, 15) is 0 Å². The lowest BCUT2D eigenvalue weighted by molar-refractivity contribution is 0.0591. The minimum absolute atomic E-state index is 0.246. The van der Waals surface area contributed by atoms with Crippen LogP contribution in [0.3, 0.4) is 0 Å². The minimum atomic E-state index is -1.76. The number of hydrogen-bond donors (Lipinski definition) is 2. The van der Waals surface area contributed by atoms with E-state index in [2.05, 4.69) is 30.6 Å². The molecule has 1 saturated heterocycles. The molecule has 116 valence electrons. The lowest BCUT2D eigenvalue weighted by atomic mass is 10.0. The molecule has 0 atom stereocenters. The number of rotatable bonds is 4. The van der Waals surface area contributed by atoms with Crippen molar-refractivity contribution in [3.05, 3.63) is 29.8 Å². The van der Waals surface area contributed by atoms with Crippen LogP contribution in [0.15, 0.2) is 24.3 Å². The zero-order valence-corrected chi connectivity index (χ0v) is 13.1. The highest BCUT2D eigenvalue weighted by Gasteiger charge is 2.25. The summed E-state index contributed by atoms with van der Waals surface area (Å²) in [6.07, 6.45) is 0. The second-order valence-corrected chi connectivity index (χ2v) is 6.52. The van der Waals surface area contributed by atoms with Gasteiger partial charge in [0.1, 0.15) is 5.75 Å². The van der Waals surface area contributed by atoms with Crippen LogP contribution in [0.5, 0.6) is 5.75 Å². The summed E-state index contributed by atoms with van der Waals surface area (Å²) in [4.78, 5) is 4.96. The molecule has 5 nitrogen and oxygen atoms in total. The Labute approximate surface area is 127 Å². The monoisotopic (exact) mass is 292 g/mol. The highest BCUT2D eigenvalue weighted by molar-refractivity contribution is 6.33. The molecule has 0 amide bonds. The topological polar surface area (TPSA) is 56.2 Å². The van der Waals surface area contributed by atoms with E-state index in [-0.39, 0.29) is 5.54 Å². The van der Waals surface area contributed by atoms with Crippen molar-refractivity contribution in [1.29, 1.82) is 0 Å². The van der Waals surface area contributed by atoms with Gasteiger partial charge in [-0.3, -0.25) is 9.80 Å². The number of benzene rings is 1. The quantitative estimate of drug-likeness (QED) is 0.809. The molecule has 1 aliphatic heterocycles. The highest BCUT2D eigenvalue weighted by atomic mass is 16.6. The summed E-state index contributed by atoms with van der Waals surface area (Å²) in [6, 6.07) is 7.46. The van der Waals surface area contributed by atoms with E-state index < -0.39 is 7.32 Å². The fourth-order valence-electron chi connectivity index (χ4n) is 2.63. The van der Waals surface area contributed by atoms with E-state index in [0.29, 0.717) is 5.75 Å². The Morgan fingerprint density at radius 1 is 1.05 bits per heavy atom. The van der Waals surface area contributed by atoms with Gasteiger partial charge in [-0.25, -0.2) is 0 Å². The molecule has 2 rings (SSSR count). The summed E-state index contributed by atoms with van der Waals surface area (Å²) >= 11 is 0. The van der Waals surface area contributed by atoms with Crippen LogP contribution < -0.4 is 4.65 Å². The second-order valence-electron chi connectivity index (χ2n) is 6.52. The van der Waals surface area contributed by atoms with E-state index >= 15 is 0 Å². The van der Waals surface area contributed by atoms with Crippen molar-refractivity contribution in [2.45, 2.75) is 32.9 Å². The van der Waals surface area contributed by atoms with Gasteiger partial charge in [0, 0.05) is 38.3 Å². The van der Waals surface area contributed by atoms with Gasteiger partial charge in [-0.05, 0) is 38.5 Å². The van der Waals surface area contributed by atoms with E-state index in [1.165, 1.54) is 5.56 Å². The van der Waals surface area contributed by atoms with Crippen molar-refractivity contribution in [1.82, 2.24) is 9.80 Å². The highest BCUT2D eigenvalue weighted by Crippen LogP contribution is 2.18. The summed E-state index contributed by atoms with van der Waals surface area (Å²) in [5.41, 5.74) is 1.45. The number of piperazine rings is 1. The lowest BCUT2D eigenvalue weighted by Gasteiger charge is -2.42. The molecule has 0 spiro atoms. The van der Waals surface area contributed by atoms with Gasteiger partial charge >= 0.3 is 7.32 Å². The Kier molecular flexibility index (Phi) is 5.27. The molecule has 21 heavy (non-hydrogen) atoms. The van der Waals surface area contributed by atoms with Crippen LogP contribution in [0.25, 0.3) is 0 Å². The maximum Gasteiger partial charge on any atom is 0.707 e. The van der Waals surface area contributed by atoms with Crippen LogP contribution >= 0.6 is 0 Å². The van der Waals surface area contributed by atoms with Crippen LogP contribution in [-0.2, 0) is 6.54 Å². The summed E-state index contributed by atoms with van der Waals surface area (Å²) < 4.78 is 4.80. The maximum absolute atomic E-state index is 8.75. The fourth-order valence-corrected chi connectivity index (χ4v) is 2.63. The molecule has 0 radical (unpaired) electrons. The smallest absolute Gasteiger partial charge is 0.512 e. The first kappa shape index (κ1) is 16.3. The predicted molar refractivity (Wildman–Crippen MR) is 83.9 cm³/mol. The first-order chi connectivity index (χ1) is 9.84. The van der Waals surface area contributed by atoms with Crippen LogP contribution in [0, 0.1) is 0 Å². The van der Waals surface area contributed by atoms with E-state index in [1.807, 2.05) is 12.1 Å². The number of nitrogens with zero attached hydrogens (tertiary/aromatic N) is 2. The van der Waals surface area contributed by atoms with Gasteiger partial charge in [-0.2, -0.15) is 0 Å². The van der Waals surface area contributed by atoms with Crippen molar-refractivity contribution < 1.29 is 14.7 Å². The van der Waals surface area contributed by atoms with Crippen LogP contribution in [0.4, 0.5) is 0 Å². The van der Waals surface area contributed by atoms with Crippen molar-refractivity contribution in [2.75, 3.05) is 26.2 Å². The normalized spacial score (nSPS) is 17.8. The predicted octanol–water partition coefficient (Wildman–Crippen LogP) is 0.951. The molecule has 0 unspecified atom stereocenters. The Hall–Kier alpha value is -1.08. The molecule has 1 aromatic rings. The van der Waals surface area contributed by atoms with Crippen LogP contribution in [0.2, 0.25) is 0 Å². The molecular weight excluding hydrogens is 267 g/mol. The van der Waals surface area contributed by atoms with Crippen molar-refractivity contribution in [3.63, 3.8) is 0 Å². The van der Waals surface area contributed by atoms with Crippen LogP contribution in [0.1, 0.15) is 26.3 Å². The number of hydrogen-bond acceptors (Lipinski definition) is 5. The Bertz CT molecular complexity index is 437. The van der Waals surface area contributed by atoms with E-state index in [4.69, 9.17) is 14.7 Å². The average molecular weight is 292 g/mol. The Morgan fingerprint density at radius 3 is 2.10 bits per heavy atom. The summed E-state index contributed by atoms with van der Waals surface area (Å²) in [5.74, 6) is 0.464. The molecule has 2 N–H and O–H groups in total. The SMILES string of the molecule is CC(C)(C)N1CCN(Cc2ccc(OB(O)O)cc2)CC1. The molecule has 1 aromatic carbocycles. The Morgan fingerprint density at radius 2 is 1.62 bits per heavy atom. The average Bonchev–Trinajstić information content (AvgIpc) is 2.40. The molecule has 0 aliphatic carbocycles. The first-order valence-corrected chi connectivity index (χ1v) is 7.44. The third-order valence-electron chi connectivity index (χ3n) is 3.89.